The first-order chi connectivity index (χ1) is 9.31. The van der Waals surface area contributed by atoms with Gasteiger partial charge in [0.15, 0.2) is 0 Å². The maximum atomic E-state index is 12.1. The summed E-state index contributed by atoms with van der Waals surface area (Å²) in [7, 11) is 0. The lowest BCUT2D eigenvalue weighted by Gasteiger charge is -2.16. The van der Waals surface area contributed by atoms with Gasteiger partial charge < -0.3 is 9.78 Å². The van der Waals surface area contributed by atoms with Crippen molar-refractivity contribution in [1.82, 2.24) is 4.98 Å². The minimum atomic E-state index is -0.238. The molecule has 0 atom stereocenters. The highest BCUT2D eigenvalue weighted by Crippen LogP contribution is 2.11. The molecule has 0 saturated heterocycles. The fourth-order valence-corrected chi connectivity index (χ4v) is 1.69. The van der Waals surface area contributed by atoms with Gasteiger partial charge in [-0.3, -0.25) is 9.69 Å². The molecule has 2 aromatic rings. The van der Waals surface area contributed by atoms with Crippen LogP contribution in [0.2, 0.25) is 0 Å². The summed E-state index contributed by atoms with van der Waals surface area (Å²) >= 11 is 0. The third kappa shape index (κ3) is 3.42. The van der Waals surface area contributed by atoms with Gasteiger partial charge >= 0.3 is 0 Å². The first kappa shape index (κ1) is 12.8. The Labute approximate surface area is 111 Å². The number of aromatic nitrogens is 1. The molecule has 1 amide bonds. The van der Waals surface area contributed by atoms with Crippen molar-refractivity contribution in [1.29, 1.82) is 0 Å². The highest BCUT2D eigenvalue weighted by Gasteiger charge is 2.12. The van der Waals surface area contributed by atoms with E-state index in [-0.39, 0.29) is 12.5 Å². The second-order valence-electron chi connectivity index (χ2n) is 3.91. The normalized spacial score (nSPS) is 10.5. The predicted molar refractivity (Wildman–Crippen MR) is 74.7 cm³/mol. The average molecular weight is 254 g/mol. The molecule has 0 saturated carbocycles. The van der Waals surface area contributed by atoms with Gasteiger partial charge in [0, 0.05) is 12.3 Å². The van der Waals surface area contributed by atoms with Crippen molar-refractivity contribution in [3.05, 3.63) is 60.3 Å². The molecular formula is C15H14N2O2. The van der Waals surface area contributed by atoms with Crippen molar-refractivity contribution < 1.29 is 9.59 Å². The summed E-state index contributed by atoms with van der Waals surface area (Å²) < 4.78 is 0. The molecule has 1 heterocycles. The van der Waals surface area contributed by atoms with Crippen LogP contribution in [0.15, 0.2) is 54.7 Å². The van der Waals surface area contributed by atoms with Crippen molar-refractivity contribution in [3.63, 3.8) is 0 Å². The Hall–Kier alpha value is -2.62. The van der Waals surface area contributed by atoms with Crippen LogP contribution in [0, 0.1) is 0 Å². The zero-order chi connectivity index (χ0) is 13.5. The number of carbonyl (C=O) groups excluding carboxylic acids is 2. The number of nitrogens with zero attached hydrogens (tertiary/aromatic N) is 1. The van der Waals surface area contributed by atoms with Gasteiger partial charge in [-0.2, -0.15) is 0 Å². The van der Waals surface area contributed by atoms with Crippen LogP contribution in [-0.2, 0) is 9.59 Å². The minimum Gasteiger partial charge on any atom is -0.348 e. The second-order valence-corrected chi connectivity index (χ2v) is 3.91. The molecule has 1 N–H and O–H groups in total. The quantitative estimate of drug-likeness (QED) is 0.657. The van der Waals surface area contributed by atoms with E-state index in [1.165, 1.54) is 11.0 Å². The van der Waals surface area contributed by atoms with E-state index in [0.717, 1.165) is 5.56 Å². The third-order valence-corrected chi connectivity index (χ3v) is 2.61. The summed E-state index contributed by atoms with van der Waals surface area (Å²) in [6, 6.07) is 13.1. The standard InChI is InChI=1S/C15H14N2O2/c18-12-11-17(14-7-4-10-16-14)15(19)9-8-13-5-2-1-3-6-13/h1-10,12,16H,11H2/b9-8+. The largest absolute Gasteiger partial charge is 0.348 e. The smallest absolute Gasteiger partial charge is 0.252 e. The predicted octanol–water partition coefficient (Wildman–Crippen LogP) is 2.26. The van der Waals surface area contributed by atoms with Crippen LogP contribution in [0.25, 0.3) is 6.08 Å². The van der Waals surface area contributed by atoms with Gasteiger partial charge in [0.25, 0.3) is 5.91 Å². The van der Waals surface area contributed by atoms with Crippen LogP contribution >= 0.6 is 0 Å². The summed E-state index contributed by atoms with van der Waals surface area (Å²) in [4.78, 5) is 27.0. The van der Waals surface area contributed by atoms with Gasteiger partial charge in [0.05, 0.1) is 6.54 Å². The van der Waals surface area contributed by atoms with E-state index in [4.69, 9.17) is 0 Å². The number of aromatic amines is 1. The minimum absolute atomic E-state index is 0.0263. The van der Waals surface area contributed by atoms with Crippen molar-refractivity contribution in [2.75, 3.05) is 11.4 Å². The van der Waals surface area contributed by atoms with Gasteiger partial charge in [-0.15, -0.1) is 0 Å². The topological polar surface area (TPSA) is 53.2 Å². The maximum Gasteiger partial charge on any atom is 0.252 e. The Balaban J connectivity index is 2.12. The number of rotatable bonds is 5. The summed E-state index contributed by atoms with van der Waals surface area (Å²) in [5, 5.41) is 0. The number of amides is 1. The molecule has 0 spiro atoms. The molecule has 0 unspecified atom stereocenters. The Kier molecular flexibility index (Phi) is 4.29. The molecular weight excluding hydrogens is 240 g/mol. The van der Waals surface area contributed by atoms with Gasteiger partial charge in [-0.1, -0.05) is 30.3 Å². The van der Waals surface area contributed by atoms with E-state index >= 15 is 0 Å². The van der Waals surface area contributed by atoms with Gasteiger partial charge in [-0.25, -0.2) is 0 Å². The van der Waals surface area contributed by atoms with E-state index in [1.54, 1.807) is 24.4 Å². The lowest BCUT2D eigenvalue weighted by atomic mass is 10.2. The molecule has 0 aliphatic rings. The molecule has 0 aliphatic heterocycles. The molecule has 1 aromatic carbocycles. The number of H-pyrrole nitrogens is 1. The van der Waals surface area contributed by atoms with Crippen LogP contribution in [0.4, 0.5) is 5.82 Å². The monoisotopic (exact) mass is 254 g/mol. The number of nitrogens with one attached hydrogen (secondary N) is 1. The van der Waals surface area contributed by atoms with E-state index in [2.05, 4.69) is 4.98 Å². The summed E-state index contributed by atoms with van der Waals surface area (Å²) in [6.07, 6.45) is 5.60. The lowest BCUT2D eigenvalue weighted by molar-refractivity contribution is -0.116. The molecule has 0 aliphatic carbocycles. The van der Waals surface area contributed by atoms with Crippen molar-refractivity contribution in [3.8, 4) is 0 Å². The second kappa shape index (κ2) is 6.35. The van der Waals surface area contributed by atoms with E-state index in [1.807, 2.05) is 30.3 Å². The lowest BCUT2D eigenvalue weighted by Crippen LogP contribution is -2.31. The van der Waals surface area contributed by atoms with Crippen LogP contribution in [-0.4, -0.2) is 23.7 Å². The fourth-order valence-electron chi connectivity index (χ4n) is 1.69. The fraction of sp³-hybridized carbons (Fsp3) is 0.0667. The highest BCUT2D eigenvalue weighted by molar-refractivity contribution is 6.04. The Bertz CT molecular complexity index is 559. The van der Waals surface area contributed by atoms with E-state index in [0.29, 0.717) is 12.1 Å². The molecule has 96 valence electrons. The number of aldehydes is 1. The number of benzene rings is 1. The molecule has 2 rings (SSSR count). The first-order valence-electron chi connectivity index (χ1n) is 5.93. The van der Waals surface area contributed by atoms with Crippen molar-refractivity contribution in [2.24, 2.45) is 0 Å². The third-order valence-electron chi connectivity index (χ3n) is 2.61. The summed E-state index contributed by atoms with van der Waals surface area (Å²) in [5.41, 5.74) is 0.938. The first-order valence-corrected chi connectivity index (χ1v) is 5.93. The van der Waals surface area contributed by atoms with Crippen LogP contribution < -0.4 is 4.90 Å². The highest BCUT2D eigenvalue weighted by atomic mass is 16.2. The molecule has 4 nitrogen and oxygen atoms in total. The molecule has 0 radical (unpaired) electrons. The van der Waals surface area contributed by atoms with Crippen LogP contribution in [0.1, 0.15) is 5.56 Å². The van der Waals surface area contributed by atoms with Gasteiger partial charge in [0.1, 0.15) is 12.1 Å². The molecule has 1 aromatic heterocycles. The molecule has 0 bridgehead atoms. The number of carbonyl (C=O) groups is 2. The summed E-state index contributed by atoms with van der Waals surface area (Å²) in [5.74, 6) is 0.369. The van der Waals surface area contributed by atoms with Crippen LogP contribution in [0.3, 0.4) is 0 Å². The number of hydrogen-bond acceptors (Lipinski definition) is 2. The van der Waals surface area contributed by atoms with Gasteiger partial charge in [-0.05, 0) is 23.8 Å². The van der Waals surface area contributed by atoms with Crippen molar-refractivity contribution >= 4 is 24.1 Å². The Morgan fingerprint density at radius 2 is 1.95 bits per heavy atom. The molecule has 0 fully saturated rings. The zero-order valence-corrected chi connectivity index (χ0v) is 10.3. The van der Waals surface area contributed by atoms with E-state index in [9.17, 15) is 9.59 Å². The average Bonchev–Trinajstić information content (AvgIpc) is 2.97. The number of anilines is 1. The van der Waals surface area contributed by atoms with E-state index < -0.39 is 0 Å². The summed E-state index contributed by atoms with van der Waals surface area (Å²) in [6.45, 7) is 0.0263. The van der Waals surface area contributed by atoms with Crippen molar-refractivity contribution in [2.45, 2.75) is 0 Å². The SMILES string of the molecule is O=CCN(C(=O)/C=C/c1ccccc1)c1ccc[nH]1. The Morgan fingerprint density at radius 3 is 2.58 bits per heavy atom. The Morgan fingerprint density at radius 1 is 1.16 bits per heavy atom. The van der Waals surface area contributed by atoms with Crippen LogP contribution in [0.5, 0.6) is 0 Å². The maximum absolute atomic E-state index is 12.1. The molecule has 4 heteroatoms. The molecule has 19 heavy (non-hydrogen) atoms. The zero-order valence-electron chi connectivity index (χ0n) is 10.3. The van der Waals surface area contributed by atoms with Gasteiger partial charge in [0.2, 0.25) is 0 Å². The number of hydrogen-bond donors (Lipinski definition) is 1.